The maximum absolute atomic E-state index is 5.51. The molecule has 5 heteroatoms. The van der Waals surface area contributed by atoms with Gasteiger partial charge in [-0.25, -0.2) is 0 Å². The minimum Gasteiger partial charge on any atom is -0.381 e. The second kappa shape index (κ2) is 11.1. The van der Waals surface area contributed by atoms with Crippen molar-refractivity contribution in [2.75, 3.05) is 46.4 Å². The third kappa shape index (κ3) is 6.73. The van der Waals surface area contributed by atoms with Crippen LogP contribution in [0, 0.1) is 11.8 Å². The molecule has 3 rings (SSSR count). The molecule has 0 aromatic rings. The molecule has 0 bridgehead atoms. The fourth-order valence-corrected chi connectivity index (χ4v) is 4.80. The SMILES string of the molecule is CN=C(NCCCCC1CCCC1)NC1CCN(CC2CCOC2)CC1. The molecule has 1 unspecified atom stereocenters. The van der Waals surface area contributed by atoms with Crippen molar-refractivity contribution in [3.05, 3.63) is 0 Å². The summed E-state index contributed by atoms with van der Waals surface area (Å²) in [7, 11) is 1.89. The Labute approximate surface area is 160 Å². The van der Waals surface area contributed by atoms with Gasteiger partial charge in [0.05, 0.1) is 6.61 Å². The Hall–Kier alpha value is -0.810. The lowest BCUT2D eigenvalue weighted by Crippen LogP contribution is -2.49. The summed E-state index contributed by atoms with van der Waals surface area (Å²) in [5.74, 6) is 2.78. The van der Waals surface area contributed by atoms with Crippen LogP contribution in [0.15, 0.2) is 4.99 Å². The van der Waals surface area contributed by atoms with E-state index in [1.54, 1.807) is 0 Å². The molecule has 3 fully saturated rings. The normalized spacial score (nSPS) is 26.5. The Morgan fingerprint density at radius 1 is 1.04 bits per heavy atom. The van der Waals surface area contributed by atoms with Crippen LogP contribution in [0.5, 0.6) is 0 Å². The number of guanidine groups is 1. The summed E-state index contributed by atoms with van der Waals surface area (Å²) in [6, 6.07) is 0.566. The number of ether oxygens (including phenoxy) is 1. The molecular weight excluding hydrogens is 324 g/mol. The van der Waals surface area contributed by atoms with E-state index < -0.39 is 0 Å². The number of nitrogens with one attached hydrogen (secondary N) is 2. The Bertz CT molecular complexity index is 408. The number of rotatable bonds is 8. The molecule has 26 heavy (non-hydrogen) atoms. The largest absolute Gasteiger partial charge is 0.381 e. The Morgan fingerprint density at radius 2 is 1.85 bits per heavy atom. The van der Waals surface area contributed by atoms with Crippen LogP contribution in [-0.4, -0.2) is 63.3 Å². The minimum atomic E-state index is 0.566. The number of piperidine rings is 1. The third-order valence-electron chi connectivity index (χ3n) is 6.50. The number of unbranched alkanes of at least 4 members (excludes halogenated alkanes) is 1. The van der Waals surface area contributed by atoms with Crippen molar-refractivity contribution in [3.63, 3.8) is 0 Å². The monoisotopic (exact) mass is 364 g/mol. The number of hydrogen-bond donors (Lipinski definition) is 2. The second-order valence-electron chi connectivity index (χ2n) is 8.59. The van der Waals surface area contributed by atoms with Crippen LogP contribution in [0.2, 0.25) is 0 Å². The maximum Gasteiger partial charge on any atom is 0.191 e. The zero-order chi connectivity index (χ0) is 18.0. The lowest BCUT2D eigenvalue weighted by Gasteiger charge is -2.34. The van der Waals surface area contributed by atoms with Crippen molar-refractivity contribution in [2.24, 2.45) is 16.8 Å². The first-order valence-electron chi connectivity index (χ1n) is 11.1. The van der Waals surface area contributed by atoms with E-state index >= 15 is 0 Å². The van der Waals surface area contributed by atoms with Crippen LogP contribution in [0.3, 0.4) is 0 Å². The van der Waals surface area contributed by atoms with Crippen LogP contribution in [0.4, 0.5) is 0 Å². The fraction of sp³-hybridized carbons (Fsp3) is 0.952. The van der Waals surface area contributed by atoms with E-state index in [-0.39, 0.29) is 0 Å². The van der Waals surface area contributed by atoms with Gasteiger partial charge in [-0.2, -0.15) is 0 Å². The number of hydrogen-bond acceptors (Lipinski definition) is 3. The zero-order valence-corrected chi connectivity index (χ0v) is 16.8. The summed E-state index contributed by atoms with van der Waals surface area (Å²) >= 11 is 0. The highest BCUT2D eigenvalue weighted by molar-refractivity contribution is 5.79. The van der Waals surface area contributed by atoms with E-state index in [0.29, 0.717) is 6.04 Å². The van der Waals surface area contributed by atoms with Crippen LogP contribution in [0.1, 0.15) is 64.2 Å². The highest BCUT2D eigenvalue weighted by atomic mass is 16.5. The fourth-order valence-electron chi connectivity index (χ4n) is 4.80. The van der Waals surface area contributed by atoms with Gasteiger partial charge in [0.1, 0.15) is 0 Å². The highest BCUT2D eigenvalue weighted by Crippen LogP contribution is 2.28. The standard InChI is InChI=1S/C21H40N4O/c1-22-21(23-12-5-4-8-18-6-2-3-7-18)24-20-9-13-25(14-10-20)16-19-11-15-26-17-19/h18-20H,2-17H2,1H3,(H2,22,23,24). The van der Waals surface area contributed by atoms with Gasteiger partial charge >= 0.3 is 0 Å². The van der Waals surface area contributed by atoms with Gasteiger partial charge in [-0.05, 0) is 37.5 Å². The van der Waals surface area contributed by atoms with Crippen molar-refractivity contribution in [3.8, 4) is 0 Å². The number of likely N-dealkylation sites (tertiary alicyclic amines) is 1. The maximum atomic E-state index is 5.51. The van der Waals surface area contributed by atoms with Gasteiger partial charge in [-0.3, -0.25) is 4.99 Å². The molecule has 1 atom stereocenters. The van der Waals surface area contributed by atoms with Gasteiger partial charge < -0.3 is 20.3 Å². The summed E-state index contributed by atoms with van der Waals surface area (Å²) in [5, 5.41) is 7.16. The van der Waals surface area contributed by atoms with Crippen molar-refractivity contribution >= 4 is 5.96 Å². The third-order valence-corrected chi connectivity index (χ3v) is 6.50. The lowest BCUT2D eigenvalue weighted by molar-refractivity contribution is 0.150. The molecule has 5 nitrogen and oxygen atoms in total. The summed E-state index contributed by atoms with van der Waals surface area (Å²) < 4.78 is 5.51. The van der Waals surface area contributed by atoms with E-state index in [1.165, 1.54) is 83.8 Å². The Kier molecular flexibility index (Phi) is 8.53. The van der Waals surface area contributed by atoms with E-state index in [4.69, 9.17) is 4.74 Å². The first kappa shape index (κ1) is 19.9. The highest BCUT2D eigenvalue weighted by Gasteiger charge is 2.24. The molecule has 2 aliphatic heterocycles. The lowest BCUT2D eigenvalue weighted by atomic mass is 10.0. The van der Waals surface area contributed by atoms with Crippen LogP contribution in [-0.2, 0) is 4.74 Å². The number of nitrogens with zero attached hydrogens (tertiary/aromatic N) is 2. The average Bonchev–Trinajstić information content (AvgIpc) is 3.36. The molecule has 2 saturated heterocycles. The molecule has 3 aliphatic rings. The van der Waals surface area contributed by atoms with Crippen molar-refractivity contribution in [1.29, 1.82) is 0 Å². The smallest absolute Gasteiger partial charge is 0.191 e. The van der Waals surface area contributed by atoms with Crippen LogP contribution >= 0.6 is 0 Å². The molecular formula is C21H40N4O. The van der Waals surface area contributed by atoms with Crippen molar-refractivity contribution in [1.82, 2.24) is 15.5 Å². The molecule has 1 aliphatic carbocycles. The first-order valence-corrected chi connectivity index (χ1v) is 11.1. The van der Waals surface area contributed by atoms with Gasteiger partial charge in [0, 0.05) is 45.9 Å². The zero-order valence-electron chi connectivity index (χ0n) is 16.8. The van der Waals surface area contributed by atoms with E-state index in [9.17, 15) is 0 Å². The van der Waals surface area contributed by atoms with Gasteiger partial charge in [0.2, 0.25) is 0 Å². The Morgan fingerprint density at radius 3 is 2.54 bits per heavy atom. The van der Waals surface area contributed by atoms with Crippen LogP contribution < -0.4 is 10.6 Å². The predicted molar refractivity (Wildman–Crippen MR) is 109 cm³/mol. The van der Waals surface area contributed by atoms with Gasteiger partial charge in [0.15, 0.2) is 5.96 Å². The Balaban J connectivity index is 1.24. The van der Waals surface area contributed by atoms with E-state index in [2.05, 4.69) is 20.5 Å². The van der Waals surface area contributed by atoms with Gasteiger partial charge in [0.25, 0.3) is 0 Å². The quantitative estimate of drug-likeness (QED) is 0.395. The molecule has 150 valence electrons. The summed E-state index contributed by atoms with van der Waals surface area (Å²) in [4.78, 5) is 7.05. The van der Waals surface area contributed by atoms with Gasteiger partial charge in [-0.15, -0.1) is 0 Å². The first-order chi connectivity index (χ1) is 12.8. The van der Waals surface area contributed by atoms with Crippen molar-refractivity contribution < 1.29 is 4.74 Å². The molecule has 0 spiro atoms. The summed E-state index contributed by atoms with van der Waals surface area (Å²) in [6.45, 7) is 6.60. The van der Waals surface area contributed by atoms with E-state index in [0.717, 1.165) is 37.6 Å². The van der Waals surface area contributed by atoms with E-state index in [1.807, 2.05) is 7.05 Å². The molecule has 1 saturated carbocycles. The molecule has 2 heterocycles. The molecule has 0 amide bonds. The average molecular weight is 365 g/mol. The summed E-state index contributed by atoms with van der Waals surface area (Å²) in [6.07, 6.45) is 13.6. The van der Waals surface area contributed by atoms with Crippen molar-refractivity contribution in [2.45, 2.75) is 70.3 Å². The molecule has 0 radical (unpaired) electrons. The molecule has 0 aromatic carbocycles. The number of aliphatic imine (C=N–C) groups is 1. The van der Waals surface area contributed by atoms with Gasteiger partial charge in [-0.1, -0.05) is 38.5 Å². The molecule has 0 aromatic heterocycles. The van der Waals surface area contributed by atoms with Crippen LogP contribution in [0.25, 0.3) is 0 Å². The minimum absolute atomic E-state index is 0.566. The predicted octanol–water partition coefficient (Wildman–Crippen LogP) is 3.01. The second-order valence-corrected chi connectivity index (χ2v) is 8.59. The molecule has 2 N–H and O–H groups in total. The topological polar surface area (TPSA) is 48.9 Å². The summed E-state index contributed by atoms with van der Waals surface area (Å²) in [5.41, 5.74) is 0.